The molecule has 0 amide bonds. The Labute approximate surface area is 142 Å². The zero-order chi connectivity index (χ0) is 16.9. The van der Waals surface area contributed by atoms with E-state index in [2.05, 4.69) is 51.6 Å². The first-order valence-electron chi connectivity index (χ1n) is 8.51. The lowest BCUT2D eigenvalue weighted by Crippen LogP contribution is -1.94. The fraction of sp³-hybridized carbons (Fsp3) is 0.364. The Balaban J connectivity index is 0.000000231. The summed E-state index contributed by atoms with van der Waals surface area (Å²) in [7, 11) is 0. The van der Waals surface area contributed by atoms with Crippen LogP contribution in [0.15, 0.2) is 61.2 Å². The van der Waals surface area contributed by atoms with Crippen LogP contribution in [0.1, 0.15) is 42.9 Å². The largest absolute Gasteiger partial charge is 0.493 e. The van der Waals surface area contributed by atoms with Crippen molar-refractivity contribution in [1.82, 2.24) is 0 Å². The van der Waals surface area contributed by atoms with Crippen LogP contribution in [0.3, 0.4) is 0 Å². The van der Waals surface area contributed by atoms with E-state index in [1.54, 1.807) is 0 Å². The van der Waals surface area contributed by atoms with Gasteiger partial charge in [0.25, 0.3) is 0 Å². The maximum absolute atomic E-state index is 5.43. The smallest absolute Gasteiger partial charge is 0.119 e. The first-order valence-corrected chi connectivity index (χ1v) is 8.51. The maximum atomic E-state index is 5.43. The van der Waals surface area contributed by atoms with Crippen LogP contribution in [0.25, 0.3) is 0 Å². The molecule has 1 heteroatoms. The normalized spacial score (nSPS) is 9.70. The first-order chi connectivity index (χ1) is 11.2. The molecule has 0 saturated carbocycles. The van der Waals surface area contributed by atoms with Crippen LogP contribution in [-0.2, 0) is 6.42 Å². The van der Waals surface area contributed by atoms with Gasteiger partial charge in [-0.3, -0.25) is 0 Å². The Kier molecular flexibility index (Phi) is 9.54. The number of hydrogen-bond donors (Lipinski definition) is 0. The van der Waals surface area contributed by atoms with Crippen molar-refractivity contribution in [2.24, 2.45) is 0 Å². The Hall–Kier alpha value is -2.02. The topological polar surface area (TPSA) is 9.23 Å². The van der Waals surface area contributed by atoms with Gasteiger partial charge in [0.2, 0.25) is 0 Å². The molecule has 1 nitrogen and oxygen atoms in total. The number of rotatable bonds is 7. The van der Waals surface area contributed by atoms with Crippen molar-refractivity contribution in [3.8, 4) is 5.75 Å². The minimum atomic E-state index is 0.715. The van der Waals surface area contributed by atoms with Gasteiger partial charge in [0, 0.05) is 0 Å². The van der Waals surface area contributed by atoms with E-state index in [1.807, 2.05) is 30.3 Å². The Morgan fingerprint density at radius 3 is 2.00 bits per heavy atom. The minimum Gasteiger partial charge on any atom is -0.493 e. The molecule has 0 aliphatic heterocycles. The number of aryl methyl sites for hydroxylation is 3. The number of unbranched alkanes of at least 4 members (excludes halogenated alkanes) is 1. The van der Waals surface area contributed by atoms with Crippen LogP contribution in [0.5, 0.6) is 5.75 Å². The monoisotopic (exact) mass is 310 g/mol. The Morgan fingerprint density at radius 1 is 0.913 bits per heavy atom. The summed E-state index contributed by atoms with van der Waals surface area (Å²) in [5.74, 6) is 0.933. The molecule has 2 aromatic carbocycles. The predicted octanol–water partition coefficient (Wildman–Crippen LogP) is 6.29. The van der Waals surface area contributed by atoms with E-state index < -0.39 is 0 Å². The lowest BCUT2D eigenvalue weighted by molar-refractivity contribution is 0.325. The third-order valence-corrected chi connectivity index (χ3v) is 3.55. The SMILES string of the molecule is C=CCCOc1ccc(C)cc1.CCCCc1ccc(C)cc1. The van der Waals surface area contributed by atoms with Crippen LogP contribution in [0.2, 0.25) is 0 Å². The molecule has 0 aliphatic rings. The minimum absolute atomic E-state index is 0.715. The summed E-state index contributed by atoms with van der Waals surface area (Å²) < 4.78 is 5.43. The van der Waals surface area contributed by atoms with Crippen LogP contribution < -0.4 is 4.74 Å². The van der Waals surface area contributed by atoms with Crippen molar-refractivity contribution in [3.63, 3.8) is 0 Å². The summed E-state index contributed by atoms with van der Waals surface area (Å²) in [6.07, 6.45) is 6.58. The molecule has 0 unspecified atom stereocenters. The van der Waals surface area contributed by atoms with Gasteiger partial charge >= 0.3 is 0 Å². The summed E-state index contributed by atoms with van der Waals surface area (Å²) in [5.41, 5.74) is 4.08. The van der Waals surface area contributed by atoms with Crippen LogP contribution in [0, 0.1) is 13.8 Å². The highest BCUT2D eigenvalue weighted by Gasteiger charge is 1.91. The molecule has 124 valence electrons. The molecular formula is C22H30O. The second-order valence-corrected chi connectivity index (χ2v) is 5.83. The molecule has 0 N–H and O–H groups in total. The quantitative estimate of drug-likeness (QED) is 0.431. The van der Waals surface area contributed by atoms with Crippen molar-refractivity contribution in [1.29, 1.82) is 0 Å². The highest BCUT2D eigenvalue weighted by atomic mass is 16.5. The molecular weight excluding hydrogens is 280 g/mol. The van der Waals surface area contributed by atoms with Crippen molar-refractivity contribution >= 4 is 0 Å². The fourth-order valence-corrected chi connectivity index (χ4v) is 2.03. The molecule has 0 aromatic heterocycles. The van der Waals surface area contributed by atoms with Crippen molar-refractivity contribution in [2.45, 2.75) is 46.5 Å². The van der Waals surface area contributed by atoms with Crippen molar-refractivity contribution < 1.29 is 4.74 Å². The van der Waals surface area contributed by atoms with E-state index >= 15 is 0 Å². The van der Waals surface area contributed by atoms with Gasteiger partial charge in [0.15, 0.2) is 0 Å². The van der Waals surface area contributed by atoms with E-state index in [4.69, 9.17) is 4.74 Å². The summed E-state index contributed by atoms with van der Waals surface area (Å²) >= 11 is 0. The average Bonchev–Trinajstić information content (AvgIpc) is 2.57. The van der Waals surface area contributed by atoms with Gasteiger partial charge in [-0.15, -0.1) is 6.58 Å². The van der Waals surface area contributed by atoms with E-state index in [-0.39, 0.29) is 0 Å². The predicted molar refractivity (Wildman–Crippen MR) is 101 cm³/mol. The number of ether oxygens (including phenoxy) is 1. The van der Waals surface area contributed by atoms with Gasteiger partial charge < -0.3 is 4.74 Å². The van der Waals surface area contributed by atoms with Gasteiger partial charge in [0.05, 0.1) is 6.61 Å². The zero-order valence-corrected chi connectivity index (χ0v) is 14.8. The third-order valence-electron chi connectivity index (χ3n) is 3.55. The Morgan fingerprint density at radius 2 is 1.48 bits per heavy atom. The summed E-state index contributed by atoms with van der Waals surface area (Å²) in [6, 6.07) is 16.9. The van der Waals surface area contributed by atoms with E-state index in [0.29, 0.717) is 6.61 Å². The van der Waals surface area contributed by atoms with Gasteiger partial charge in [-0.1, -0.05) is 66.9 Å². The molecule has 0 saturated heterocycles. The van der Waals surface area contributed by atoms with Crippen molar-refractivity contribution in [3.05, 3.63) is 77.9 Å². The van der Waals surface area contributed by atoms with Gasteiger partial charge in [-0.2, -0.15) is 0 Å². The third kappa shape index (κ3) is 8.87. The molecule has 23 heavy (non-hydrogen) atoms. The molecule has 0 heterocycles. The molecule has 2 aromatic rings. The molecule has 0 fully saturated rings. The zero-order valence-electron chi connectivity index (χ0n) is 14.8. The average molecular weight is 310 g/mol. The standard InChI is InChI=1S/C11H14O.C11H16/c1-3-4-9-12-11-7-5-10(2)6-8-11;1-3-4-5-11-8-6-10(2)7-9-11/h3,5-8H,1,4,9H2,2H3;6-9H,3-5H2,1-2H3. The molecule has 0 aliphatic carbocycles. The van der Waals surface area contributed by atoms with Gasteiger partial charge in [-0.05, 0) is 50.8 Å². The summed E-state index contributed by atoms with van der Waals surface area (Å²) in [5, 5.41) is 0. The lowest BCUT2D eigenvalue weighted by Gasteiger charge is -2.03. The van der Waals surface area contributed by atoms with Crippen LogP contribution in [-0.4, -0.2) is 6.61 Å². The van der Waals surface area contributed by atoms with E-state index in [9.17, 15) is 0 Å². The first kappa shape index (κ1) is 19.0. The second-order valence-electron chi connectivity index (χ2n) is 5.83. The number of hydrogen-bond acceptors (Lipinski definition) is 1. The molecule has 2 rings (SSSR count). The summed E-state index contributed by atoms with van der Waals surface area (Å²) in [6.45, 7) is 10.8. The highest BCUT2D eigenvalue weighted by molar-refractivity contribution is 5.26. The second kappa shape index (κ2) is 11.5. The molecule has 0 radical (unpaired) electrons. The maximum Gasteiger partial charge on any atom is 0.119 e. The highest BCUT2D eigenvalue weighted by Crippen LogP contribution is 2.11. The fourth-order valence-electron chi connectivity index (χ4n) is 2.03. The number of benzene rings is 2. The molecule has 0 atom stereocenters. The van der Waals surface area contributed by atoms with Gasteiger partial charge in [-0.25, -0.2) is 0 Å². The van der Waals surface area contributed by atoms with Gasteiger partial charge in [0.1, 0.15) is 5.75 Å². The van der Waals surface area contributed by atoms with Crippen LogP contribution in [0.4, 0.5) is 0 Å². The molecule has 0 spiro atoms. The van der Waals surface area contributed by atoms with Crippen LogP contribution >= 0.6 is 0 Å². The summed E-state index contributed by atoms with van der Waals surface area (Å²) in [4.78, 5) is 0. The van der Waals surface area contributed by atoms with E-state index in [0.717, 1.165) is 12.2 Å². The van der Waals surface area contributed by atoms with E-state index in [1.165, 1.54) is 36.0 Å². The Bertz CT molecular complexity index is 537. The van der Waals surface area contributed by atoms with Crippen molar-refractivity contribution in [2.75, 3.05) is 6.61 Å². The lowest BCUT2D eigenvalue weighted by atomic mass is 10.1. The molecule has 0 bridgehead atoms.